The zero-order valence-electron chi connectivity index (χ0n) is 12.3. The summed E-state index contributed by atoms with van der Waals surface area (Å²) < 4.78 is 26.3. The Labute approximate surface area is 120 Å². The highest BCUT2D eigenvalue weighted by Gasteiger charge is 2.27. The molecule has 1 aliphatic rings. The van der Waals surface area contributed by atoms with E-state index in [1.807, 2.05) is 7.05 Å². The van der Waals surface area contributed by atoms with Crippen LogP contribution in [0.3, 0.4) is 0 Å². The quantitative estimate of drug-likeness (QED) is 0.848. The van der Waals surface area contributed by atoms with Crippen molar-refractivity contribution in [2.45, 2.75) is 19.8 Å². The van der Waals surface area contributed by atoms with Crippen LogP contribution in [0.5, 0.6) is 0 Å². The minimum absolute atomic E-state index is 0.493. The Morgan fingerprint density at radius 2 is 1.85 bits per heavy atom. The summed E-state index contributed by atoms with van der Waals surface area (Å²) in [6, 6.07) is 0. The molecule has 1 saturated heterocycles. The van der Waals surface area contributed by atoms with Crippen LogP contribution in [0.15, 0.2) is 0 Å². The highest BCUT2D eigenvalue weighted by molar-refractivity contribution is 7.88. The molecule has 7 nitrogen and oxygen atoms in total. The first kappa shape index (κ1) is 15.1. The largest absolute Gasteiger partial charge is 0.394 e. The van der Waals surface area contributed by atoms with E-state index in [9.17, 15) is 8.42 Å². The van der Waals surface area contributed by atoms with Gasteiger partial charge in [-0.25, -0.2) is 8.42 Å². The van der Waals surface area contributed by atoms with Gasteiger partial charge < -0.3 is 10.6 Å². The van der Waals surface area contributed by atoms with E-state index >= 15 is 0 Å². The summed E-state index contributed by atoms with van der Waals surface area (Å²) in [5.74, 6) is 0.904. The lowest BCUT2D eigenvalue weighted by Crippen LogP contribution is -2.49. The molecule has 1 aromatic rings. The molecule has 8 heteroatoms. The van der Waals surface area contributed by atoms with Gasteiger partial charge in [-0.2, -0.15) is 9.40 Å². The van der Waals surface area contributed by atoms with E-state index in [4.69, 9.17) is 5.73 Å². The minimum Gasteiger partial charge on any atom is -0.394 e. The number of nitrogens with two attached hydrogens (primary N) is 1. The maximum atomic E-state index is 11.5. The number of hydrogen-bond acceptors (Lipinski definition) is 5. The van der Waals surface area contributed by atoms with E-state index in [-0.39, 0.29) is 0 Å². The smallest absolute Gasteiger partial charge is 0.211 e. The van der Waals surface area contributed by atoms with Crippen LogP contribution in [0.4, 0.5) is 11.5 Å². The van der Waals surface area contributed by atoms with Gasteiger partial charge >= 0.3 is 0 Å². The van der Waals surface area contributed by atoms with Gasteiger partial charge in [-0.15, -0.1) is 0 Å². The van der Waals surface area contributed by atoms with Crippen LogP contribution in [0.2, 0.25) is 0 Å². The predicted octanol–water partition coefficient (Wildman–Crippen LogP) is 0.0364. The van der Waals surface area contributed by atoms with Gasteiger partial charge in [0, 0.05) is 33.2 Å². The Morgan fingerprint density at radius 1 is 1.25 bits per heavy atom. The molecule has 0 spiro atoms. The van der Waals surface area contributed by atoms with Gasteiger partial charge in [0.15, 0.2) is 5.82 Å². The molecule has 20 heavy (non-hydrogen) atoms. The summed E-state index contributed by atoms with van der Waals surface area (Å²) in [6.07, 6.45) is 3.12. The third kappa shape index (κ3) is 2.90. The Morgan fingerprint density at radius 3 is 2.35 bits per heavy atom. The fourth-order valence-electron chi connectivity index (χ4n) is 2.61. The molecule has 2 N–H and O–H groups in total. The molecular formula is C12H23N5O2S. The normalized spacial score (nSPS) is 17.6. The van der Waals surface area contributed by atoms with E-state index in [0.29, 0.717) is 26.2 Å². The first-order valence-corrected chi connectivity index (χ1v) is 8.70. The molecule has 0 aromatic carbocycles. The van der Waals surface area contributed by atoms with Crippen LogP contribution in [-0.2, 0) is 23.5 Å². The predicted molar refractivity (Wildman–Crippen MR) is 80.2 cm³/mol. The molecule has 114 valence electrons. The minimum atomic E-state index is -3.10. The summed E-state index contributed by atoms with van der Waals surface area (Å²) >= 11 is 0. The Balaban J connectivity index is 2.15. The van der Waals surface area contributed by atoms with Crippen LogP contribution in [0, 0.1) is 0 Å². The van der Waals surface area contributed by atoms with Crippen molar-refractivity contribution in [1.82, 2.24) is 14.1 Å². The number of nitrogen functional groups attached to an aromatic ring is 1. The number of aryl methyl sites for hydroxylation is 2. The van der Waals surface area contributed by atoms with Gasteiger partial charge in [-0.3, -0.25) is 4.68 Å². The van der Waals surface area contributed by atoms with Crippen molar-refractivity contribution in [3.8, 4) is 0 Å². The van der Waals surface area contributed by atoms with Gasteiger partial charge in [-0.05, 0) is 6.42 Å². The second-order valence-corrected chi connectivity index (χ2v) is 7.19. The van der Waals surface area contributed by atoms with Crippen molar-refractivity contribution in [1.29, 1.82) is 0 Å². The summed E-state index contributed by atoms with van der Waals surface area (Å²) in [7, 11) is -1.22. The van der Waals surface area contributed by atoms with Crippen LogP contribution in [0.1, 0.15) is 19.0 Å². The van der Waals surface area contributed by atoms with Crippen molar-refractivity contribution < 1.29 is 8.42 Å². The zero-order valence-corrected chi connectivity index (χ0v) is 13.2. The summed E-state index contributed by atoms with van der Waals surface area (Å²) in [4.78, 5) is 2.11. The van der Waals surface area contributed by atoms with Crippen molar-refractivity contribution >= 4 is 21.5 Å². The molecular weight excluding hydrogens is 278 g/mol. The number of anilines is 2. The number of aromatic nitrogens is 2. The lowest BCUT2D eigenvalue weighted by Gasteiger charge is -2.34. The number of nitrogens with zero attached hydrogens (tertiary/aromatic N) is 4. The molecule has 0 amide bonds. The van der Waals surface area contributed by atoms with Gasteiger partial charge in [-0.1, -0.05) is 13.3 Å². The lowest BCUT2D eigenvalue weighted by atomic mass is 10.2. The molecule has 0 saturated carbocycles. The van der Waals surface area contributed by atoms with Crippen LogP contribution < -0.4 is 10.6 Å². The number of rotatable bonds is 4. The first-order chi connectivity index (χ1) is 9.34. The van der Waals surface area contributed by atoms with E-state index in [2.05, 4.69) is 16.9 Å². The fourth-order valence-corrected chi connectivity index (χ4v) is 3.44. The zero-order chi connectivity index (χ0) is 14.9. The molecule has 0 atom stereocenters. The van der Waals surface area contributed by atoms with Crippen LogP contribution in [-0.4, -0.2) is 54.9 Å². The van der Waals surface area contributed by atoms with Crippen LogP contribution >= 0.6 is 0 Å². The second-order valence-electron chi connectivity index (χ2n) is 5.21. The third-order valence-electron chi connectivity index (χ3n) is 3.62. The van der Waals surface area contributed by atoms with Gasteiger partial charge in [0.25, 0.3) is 0 Å². The molecule has 2 heterocycles. The topological polar surface area (TPSA) is 84.5 Å². The van der Waals surface area contributed by atoms with Crippen molar-refractivity contribution in [3.05, 3.63) is 5.69 Å². The Hall–Kier alpha value is -1.28. The van der Waals surface area contributed by atoms with E-state index in [1.165, 1.54) is 10.6 Å². The number of hydrogen-bond donors (Lipinski definition) is 1. The maximum absolute atomic E-state index is 11.5. The number of sulfonamides is 1. The van der Waals surface area contributed by atoms with E-state index < -0.39 is 10.0 Å². The average molecular weight is 301 g/mol. The summed E-state index contributed by atoms with van der Waals surface area (Å²) in [6.45, 7) is 4.36. The summed E-state index contributed by atoms with van der Waals surface area (Å²) in [5.41, 5.74) is 7.84. The molecule has 0 unspecified atom stereocenters. The van der Waals surface area contributed by atoms with E-state index in [1.54, 1.807) is 4.68 Å². The van der Waals surface area contributed by atoms with Crippen molar-refractivity contribution in [3.63, 3.8) is 0 Å². The molecule has 1 fully saturated rings. The number of piperazine rings is 1. The highest BCUT2D eigenvalue weighted by atomic mass is 32.2. The second kappa shape index (κ2) is 5.61. The van der Waals surface area contributed by atoms with Gasteiger partial charge in [0.1, 0.15) is 0 Å². The summed E-state index contributed by atoms with van der Waals surface area (Å²) in [5, 5.41) is 4.46. The molecule has 0 bridgehead atoms. The highest BCUT2D eigenvalue weighted by Crippen LogP contribution is 2.28. The lowest BCUT2D eigenvalue weighted by molar-refractivity contribution is 0.385. The molecule has 1 aliphatic heterocycles. The monoisotopic (exact) mass is 301 g/mol. The first-order valence-electron chi connectivity index (χ1n) is 6.86. The SMILES string of the molecule is CCCc1nn(C)c(N2CCN(S(C)(=O)=O)CC2)c1N. The Bertz CT molecular complexity index is 573. The molecule has 1 aromatic heterocycles. The van der Waals surface area contributed by atoms with Gasteiger partial charge in [0.05, 0.1) is 17.6 Å². The maximum Gasteiger partial charge on any atom is 0.211 e. The van der Waals surface area contributed by atoms with E-state index in [0.717, 1.165) is 30.0 Å². The van der Waals surface area contributed by atoms with Crippen LogP contribution in [0.25, 0.3) is 0 Å². The molecule has 0 radical (unpaired) electrons. The average Bonchev–Trinajstić information content (AvgIpc) is 2.64. The standard InChI is InChI=1S/C12H23N5O2S/c1-4-5-10-11(13)12(15(2)14-10)16-6-8-17(9-7-16)20(3,18)19/h4-9,13H2,1-3H3. The molecule has 0 aliphatic carbocycles. The molecule has 2 rings (SSSR count). The van der Waals surface area contributed by atoms with Crippen molar-refractivity contribution in [2.75, 3.05) is 43.1 Å². The van der Waals surface area contributed by atoms with Gasteiger partial charge in [0.2, 0.25) is 10.0 Å². The van der Waals surface area contributed by atoms with Crippen molar-refractivity contribution in [2.24, 2.45) is 7.05 Å². The third-order valence-corrected chi connectivity index (χ3v) is 4.93. The fraction of sp³-hybridized carbons (Fsp3) is 0.750. The Kier molecular flexibility index (Phi) is 4.24.